The molecule has 4 heteroatoms. The second kappa shape index (κ2) is 5.78. The van der Waals surface area contributed by atoms with E-state index in [1.54, 1.807) is 36.4 Å². The second-order valence-electron chi connectivity index (χ2n) is 3.92. The SMILES string of the molecule is N#Cc1ccc(-c2ccccc2NC(=O)CF)cc1. The minimum absolute atomic E-state index is 0.551. The zero-order valence-corrected chi connectivity index (χ0v) is 10.1. The van der Waals surface area contributed by atoms with Gasteiger partial charge in [0, 0.05) is 11.3 Å². The third-order valence-electron chi connectivity index (χ3n) is 2.65. The maximum atomic E-state index is 12.3. The fourth-order valence-corrected chi connectivity index (χ4v) is 1.75. The van der Waals surface area contributed by atoms with E-state index in [1.807, 2.05) is 18.2 Å². The van der Waals surface area contributed by atoms with Crippen molar-refractivity contribution >= 4 is 11.6 Å². The summed E-state index contributed by atoms with van der Waals surface area (Å²) in [6, 6.07) is 16.2. The molecule has 0 bridgehead atoms. The first kappa shape index (κ1) is 12.8. The lowest BCUT2D eigenvalue weighted by Gasteiger charge is -2.10. The summed E-state index contributed by atoms with van der Waals surface area (Å²) < 4.78 is 12.3. The fourth-order valence-electron chi connectivity index (χ4n) is 1.75. The number of para-hydroxylation sites is 1. The summed E-state index contributed by atoms with van der Waals surface area (Å²) >= 11 is 0. The van der Waals surface area contributed by atoms with E-state index >= 15 is 0 Å². The number of nitriles is 1. The zero-order valence-electron chi connectivity index (χ0n) is 10.1. The highest BCUT2D eigenvalue weighted by molar-refractivity contribution is 5.96. The van der Waals surface area contributed by atoms with Crippen molar-refractivity contribution in [2.75, 3.05) is 12.0 Å². The van der Waals surface area contributed by atoms with Crippen LogP contribution < -0.4 is 5.32 Å². The predicted molar refractivity (Wildman–Crippen MR) is 71.2 cm³/mol. The molecule has 0 fully saturated rings. The normalized spacial score (nSPS) is 9.68. The average Bonchev–Trinajstić information content (AvgIpc) is 2.48. The third-order valence-corrected chi connectivity index (χ3v) is 2.65. The molecule has 2 aromatic carbocycles. The fraction of sp³-hybridized carbons (Fsp3) is 0.0667. The number of carbonyl (C=O) groups excluding carboxylic acids is 1. The highest BCUT2D eigenvalue weighted by Gasteiger charge is 2.07. The van der Waals surface area contributed by atoms with Gasteiger partial charge in [0.05, 0.1) is 11.6 Å². The summed E-state index contributed by atoms with van der Waals surface area (Å²) in [5, 5.41) is 11.3. The minimum atomic E-state index is -1.05. The van der Waals surface area contributed by atoms with Crippen LogP contribution in [0.2, 0.25) is 0 Å². The molecule has 0 saturated heterocycles. The number of benzene rings is 2. The van der Waals surface area contributed by atoms with Gasteiger partial charge in [-0.1, -0.05) is 30.3 Å². The maximum Gasteiger partial charge on any atom is 0.255 e. The molecular weight excluding hydrogens is 243 g/mol. The Labute approximate surface area is 110 Å². The summed E-state index contributed by atoms with van der Waals surface area (Å²) in [5.74, 6) is -0.680. The first-order valence-electron chi connectivity index (χ1n) is 5.70. The molecule has 1 amide bonds. The number of hydrogen-bond donors (Lipinski definition) is 1. The van der Waals surface area contributed by atoms with Crippen LogP contribution in [0, 0.1) is 11.3 Å². The van der Waals surface area contributed by atoms with Crippen molar-refractivity contribution in [3.8, 4) is 17.2 Å². The Morgan fingerprint density at radius 3 is 2.47 bits per heavy atom. The Kier molecular flexibility index (Phi) is 3.89. The topological polar surface area (TPSA) is 52.9 Å². The minimum Gasteiger partial charge on any atom is -0.323 e. The van der Waals surface area contributed by atoms with Crippen LogP contribution in [0.3, 0.4) is 0 Å². The van der Waals surface area contributed by atoms with E-state index in [9.17, 15) is 9.18 Å². The standard InChI is InChI=1S/C15H11FN2O/c16-9-15(19)18-14-4-2-1-3-13(14)12-7-5-11(10-17)6-8-12/h1-8H,9H2,(H,18,19). The molecule has 2 rings (SSSR count). The van der Waals surface area contributed by atoms with Gasteiger partial charge in [0.15, 0.2) is 6.67 Å². The number of rotatable bonds is 3. The lowest BCUT2D eigenvalue weighted by atomic mass is 10.0. The van der Waals surface area contributed by atoms with Gasteiger partial charge in [-0.15, -0.1) is 0 Å². The number of nitrogens with zero attached hydrogens (tertiary/aromatic N) is 1. The Balaban J connectivity index is 2.38. The van der Waals surface area contributed by atoms with Crippen LogP contribution >= 0.6 is 0 Å². The Morgan fingerprint density at radius 2 is 1.84 bits per heavy atom. The van der Waals surface area contributed by atoms with Gasteiger partial charge in [0.2, 0.25) is 0 Å². The number of nitrogens with one attached hydrogen (secondary N) is 1. The van der Waals surface area contributed by atoms with Gasteiger partial charge >= 0.3 is 0 Å². The van der Waals surface area contributed by atoms with Gasteiger partial charge in [0.1, 0.15) is 0 Å². The van der Waals surface area contributed by atoms with Crippen molar-refractivity contribution in [3.63, 3.8) is 0 Å². The number of anilines is 1. The number of alkyl halides is 1. The van der Waals surface area contributed by atoms with Gasteiger partial charge in [-0.2, -0.15) is 5.26 Å². The Hall–Kier alpha value is -2.67. The smallest absolute Gasteiger partial charge is 0.255 e. The van der Waals surface area contributed by atoms with Crippen molar-refractivity contribution in [2.24, 2.45) is 0 Å². The number of amides is 1. The third kappa shape index (κ3) is 2.96. The van der Waals surface area contributed by atoms with Crippen LogP contribution in [-0.4, -0.2) is 12.6 Å². The monoisotopic (exact) mass is 254 g/mol. The van der Waals surface area contributed by atoms with E-state index in [-0.39, 0.29) is 0 Å². The highest BCUT2D eigenvalue weighted by Crippen LogP contribution is 2.27. The average molecular weight is 254 g/mol. The lowest BCUT2D eigenvalue weighted by Crippen LogP contribution is -2.13. The maximum absolute atomic E-state index is 12.3. The Morgan fingerprint density at radius 1 is 1.16 bits per heavy atom. The van der Waals surface area contributed by atoms with Gasteiger partial charge < -0.3 is 5.32 Å². The quantitative estimate of drug-likeness (QED) is 0.914. The molecule has 0 aliphatic rings. The van der Waals surface area contributed by atoms with Crippen molar-refractivity contribution in [2.45, 2.75) is 0 Å². The van der Waals surface area contributed by atoms with Gasteiger partial charge in [-0.3, -0.25) is 4.79 Å². The van der Waals surface area contributed by atoms with E-state index in [0.717, 1.165) is 11.1 Å². The van der Waals surface area contributed by atoms with Crippen LogP contribution in [0.25, 0.3) is 11.1 Å². The molecular formula is C15H11FN2O. The summed E-state index contributed by atoms with van der Waals surface area (Å²) in [5.41, 5.74) is 2.76. The molecule has 0 atom stereocenters. The zero-order chi connectivity index (χ0) is 13.7. The van der Waals surface area contributed by atoms with Crippen molar-refractivity contribution in [1.29, 1.82) is 5.26 Å². The van der Waals surface area contributed by atoms with E-state index in [0.29, 0.717) is 11.3 Å². The van der Waals surface area contributed by atoms with Crippen LogP contribution in [0.5, 0.6) is 0 Å². The summed E-state index contributed by atoms with van der Waals surface area (Å²) in [6.07, 6.45) is 0. The predicted octanol–water partition coefficient (Wildman–Crippen LogP) is 3.13. The number of carbonyl (C=O) groups is 1. The van der Waals surface area contributed by atoms with Crippen LogP contribution in [0.15, 0.2) is 48.5 Å². The first-order valence-corrected chi connectivity index (χ1v) is 5.70. The van der Waals surface area contributed by atoms with E-state index in [4.69, 9.17) is 5.26 Å². The summed E-state index contributed by atoms with van der Waals surface area (Å²) in [7, 11) is 0. The number of hydrogen-bond acceptors (Lipinski definition) is 2. The van der Waals surface area contributed by atoms with Crippen molar-refractivity contribution in [1.82, 2.24) is 0 Å². The summed E-state index contributed by atoms with van der Waals surface area (Å²) in [4.78, 5) is 11.1. The van der Waals surface area contributed by atoms with Crippen LogP contribution in [0.4, 0.5) is 10.1 Å². The first-order chi connectivity index (χ1) is 9.24. The molecule has 1 N–H and O–H groups in total. The lowest BCUT2D eigenvalue weighted by molar-refractivity contribution is -0.117. The molecule has 0 aliphatic heterocycles. The van der Waals surface area contributed by atoms with Crippen LogP contribution in [0.1, 0.15) is 5.56 Å². The van der Waals surface area contributed by atoms with E-state index in [2.05, 4.69) is 5.32 Å². The highest BCUT2D eigenvalue weighted by atomic mass is 19.1. The molecule has 0 aromatic heterocycles. The van der Waals surface area contributed by atoms with Crippen molar-refractivity contribution in [3.05, 3.63) is 54.1 Å². The van der Waals surface area contributed by atoms with Gasteiger partial charge in [0.25, 0.3) is 5.91 Å². The molecule has 0 aliphatic carbocycles. The van der Waals surface area contributed by atoms with Gasteiger partial charge in [-0.05, 0) is 23.8 Å². The molecule has 0 unspecified atom stereocenters. The van der Waals surface area contributed by atoms with Crippen molar-refractivity contribution < 1.29 is 9.18 Å². The van der Waals surface area contributed by atoms with Gasteiger partial charge in [-0.25, -0.2) is 4.39 Å². The molecule has 19 heavy (non-hydrogen) atoms. The van der Waals surface area contributed by atoms with E-state index in [1.165, 1.54) is 0 Å². The summed E-state index contributed by atoms with van der Waals surface area (Å²) in [6.45, 7) is -1.05. The number of halogens is 1. The molecule has 0 heterocycles. The largest absolute Gasteiger partial charge is 0.323 e. The molecule has 0 radical (unpaired) electrons. The second-order valence-corrected chi connectivity index (χ2v) is 3.92. The molecule has 0 spiro atoms. The van der Waals surface area contributed by atoms with E-state index < -0.39 is 12.6 Å². The molecule has 94 valence electrons. The molecule has 2 aromatic rings. The Bertz CT molecular complexity index is 629. The van der Waals surface area contributed by atoms with Crippen LogP contribution in [-0.2, 0) is 4.79 Å². The molecule has 0 saturated carbocycles. The molecule has 3 nitrogen and oxygen atoms in total.